The summed E-state index contributed by atoms with van der Waals surface area (Å²) in [6.07, 6.45) is 2.26. The molecule has 0 aliphatic heterocycles. The average molecular weight is 243 g/mol. The summed E-state index contributed by atoms with van der Waals surface area (Å²) in [7, 11) is 0. The first kappa shape index (κ1) is 12.7. The van der Waals surface area contributed by atoms with Crippen LogP contribution in [0.4, 0.5) is 0 Å². The molecule has 1 aliphatic carbocycles. The number of hydrogen-bond acceptors (Lipinski definition) is 2. The van der Waals surface area contributed by atoms with Crippen molar-refractivity contribution in [3.8, 4) is 0 Å². The molecule has 0 heterocycles. The summed E-state index contributed by atoms with van der Waals surface area (Å²) in [6.45, 7) is 4.33. The molecule has 0 bridgehead atoms. The fourth-order valence-electron chi connectivity index (χ4n) is 2.68. The lowest BCUT2D eigenvalue weighted by atomic mass is 9.77. The van der Waals surface area contributed by atoms with Gasteiger partial charge in [-0.3, -0.25) is 4.79 Å². The molecule has 1 aliphatic rings. The number of carbonyl (C=O) groups excluding carboxylic acids is 1. The number of ketones is 1. The molecule has 0 radical (unpaired) electrons. The van der Waals surface area contributed by atoms with Crippen molar-refractivity contribution in [2.75, 3.05) is 6.54 Å². The van der Waals surface area contributed by atoms with E-state index in [0.717, 1.165) is 18.4 Å². The Bertz CT molecular complexity index is 532. The summed E-state index contributed by atoms with van der Waals surface area (Å²) in [4.78, 5) is 15.0. The maximum Gasteiger partial charge on any atom is 0.143 e. The van der Waals surface area contributed by atoms with Crippen molar-refractivity contribution in [1.82, 2.24) is 0 Å². The van der Waals surface area contributed by atoms with Gasteiger partial charge in [0.2, 0.25) is 0 Å². The minimum absolute atomic E-state index is 0.207. The molecule has 1 aromatic carbocycles. The summed E-state index contributed by atoms with van der Waals surface area (Å²) in [6, 6.07) is 6.10. The molecular weight excluding hydrogens is 226 g/mol. The molecular formula is C14H17N3O. The van der Waals surface area contributed by atoms with E-state index in [-0.39, 0.29) is 12.3 Å². The fourth-order valence-corrected chi connectivity index (χ4v) is 2.68. The number of hydrogen-bond donors (Lipinski definition) is 0. The highest BCUT2D eigenvalue weighted by Crippen LogP contribution is 2.39. The van der Waals surface area contributed by atoms with Gasteiger partial charge in [-0.05, 0) is 48.9 Å². The van der Waals surface area contributed by atoms with E-state index in [0.29, 0.717) is 6.42 Å². The Labute approximate surface area is 107 Å². The third-order valence-electron chi connectivity index (χ3n) is 4.00. The third-order valence-corrected chi connectivity index (χ3v) is 4.00. The highest BCUT2D eigenvalue weighted by Gasteiger charge is 2.42. The zero-order valence-electron chi connectivity index (χ0n) is 10.8. The predicted octanol–water partition coefficient (Wildman–Crippen LogP) is 3.60. The van der Waals surface area contributed by atoms with E-state index < -0.39 is 5.41 Å². The van der Waals surface area contributed by atoms with Crippen LogP contribution in [0.25, 0.3) is 10.4 Å². The number of Topliss-reactive ketones (excluding diaryl/α,β-unsaturated/α-hetero) is 1. The van der Waals surface area contributed by atoms with Crippen molar-refractivity contribution in [3.63, 3.8) is 0 Å². The first-order valence-corrected chi connectivity index (χ1v) is 6.22. The molecule has 0 saturated heterocycles. The quantitative estimate of drug-likeness (QED) is 0.454. The number of rotatable bonds is 3. The van der Waals surface area contributed by atoms with Crippen LogP contribution in [0.3, 0.4) is 0 Å². The maximum atomic E-state index is 12.2. The molecule has 0 N–H and O–H groups in total. The fraction of sp³-hybridized carbons (Fsp3) is 0.500. The summed E-state index contributed by atoms with van der Waals surface area (Å²) in [5, 5.41) is 3.66. The molecule has 94 valence electrons. The Hall–Kier alpha value is -1.80. The Morgan fingerprint density at radius 2 is 2.17 bits per heavy atom. The average Bonchev–Trinajstić information content (AvgIpc) is 2.73. The minimum atomic E-state index is -0.579. The second kappa shape index (κ2) is 4.83. The molecule has 18 heavy (non-hydrogen) atoms. The van der Waals surface area contributed by atoms with Crippen LogP contribution in [0.15, 0.2) is 23.3 Å². The van der Waals surface area contributed by atoms with E-state index in [4.69, 9.17) is 5.53 Å². The van der Waals surface area contributed by atoms with Gasteiger partial charge in [0, 0.05) is 17.9 Å². The summed E-state index contributed by atoms with van der Waals surface area (Å²) >= 11 is 0. The highest BCUT2D eigenvalue weighted by atomic mass is 16.1. The van der Waals surface area contributed by atoms with E-state index >= 15 is 0 Å². The Balaban J connectivity index is 2.49. The molecule has 1 saturated carbocycles. The van der Waals surface area contributed by atoms with Gasteiger partial charge in [0.1, 0.15) is 5.78 Å². The third kappa shape index (κ3) is 2.00. The van der Waals surface area contributed by atoms with Crippen molar-refractivity contribution in [2.45, 2.75) is 38.5 Å². The predicted molar refractivity (Wildman–Crippen MR) is 70.5 cm³/mol. The van der Waals surface area contributed by atoms with Gasteiger partial charge in [0.05, 0.1) is 5.41 Å². The molecule has 4 heteroatoms. The standard InChI is InChI=1S/C14H17N3O/c1-10-5-6-12(8-11(10)2)14(9-16-17-15)7-3-4-13(14)18/h5-6,8H,3-4,7,9H2,1-2H3. The highest BCUT2D eigenvalue weighted by molar-refractivity contribution is 5.92. The van der Waals surface area contributed by atoms with Gasteiger partial charge >= 0.3 is 0 Å². The smallest absolute Gasteiger partial charge is 0.143 e. The SMILES string of the molecule is Cc1ccc(C2(CN=[N+]=[N-])CCCC2=O)cc1C. The van der Waals surface area contributed by atoms with Gasteiger partial charge < -0.3 is 0 Å². The van der Waals surface area contributed by atoms with E-state index in [1.165, 1.54) is 11.1 Å². The number of azide groups is 1. The van der Waals surface area contributed by atoms with Gasteiger partial charge in [-0.25, -0.2) is 0 Å². The minimum Gasteiger partial charge on any atom is -0.299 e. The summed E-state index contributed by atoms with van der Waals surface area (Å²) in [5.41, 5.74) is 11.3. The monoisotopic (exact) mass is 243 g/mol. The van der Waals surface area contributed by atoms with Gasteiger partial charge in [-0.1, -0.05) is 23.3 Å². The lowest BCUT2D eigenvalue weighted by molar-refractivity contribution is -0.121. The zero-order chi connectivity index (χ0) is 13.2. The van der Waals surface area contributed by atoms with Gasteiger partial charge in [-0.15, -0.1) is 0 Å². The molecule has 0 spiro atoms. The van der Waals surface area contributed by atoms with E-state index in [1.54, 1.807) is 0 Å². The second-order valence-corrected chi connectivity index (χ2v) is 5.05. The molecule has 1 fully saturated rings. The van der Waals surface area contributed by atoms with Crippen LogP contribution in [-0.4, -0.2) is 12.3 Å². The second-order valence-electron chi connectivity index (χ2n) is 5.05. The van der Waals surface area contributed by atoms with E-state index in [1.807, 2.05) is 19.1 Å². The molecule has 1 aromatic rings. The summed E-state index contributed by atoms with van der Waals surface area (Å²) in [5.74, 6) is 0.207. The largest absolute Gasteiger partial charge is 0.299 e. The molecule has 1 atom stereocenters. The topological polar surface area (TPSA) is 65.8 Å². The van der Waals surface area contributed by atoms with E-state index in [2.05, 4.69) is 23.0 Å². The number of carbonyl (C=O) groups is 1. The Morgan fingerprint density at radius 3 is 2.72 bits per heavy atom. The van der Waals surface area contributed by atoms with Crippen molar-refractivity contribution >= 4 is 5.78 Å². The summed E-state index contributed by atoms with van der Waals surface area (Å²) < 4.78 is 0. The normalized spacial score (nSPS) is 22.9. The zero-order valence-corrected chi connectivity index (χ0v) is 10.8. The van der Waals surface area contributed by atoms with Crippen LogP contribution in [-0.2, 0) is 10.2 Å². The van der Waals surface area contributed by atoms with Gasteiger partial charge in [0.25, 0.3) is 0 Å². The molecule has 1 unspecified atom stereocenters. The maximum absolute atomic E-state index is 12.2. The van der Waals surface area contributed by atoms with Gasteiger partial charge in [0.15, 0.2) is 0 Å². The van der Waals surface area contributed by atoms with Crippen LogP contribution >= 0.6 is 0 Å². The first-order chi connectivity index (χ1) is 8.60. The van der Waals surface area contributed by atoms with Crippen molar-refractivity contribution < 1.29 is 4.79 Å². The van der Waals surface area contributed by atoms with Crippen molar-refractivity contribution in [3.05, 3.63) is 45.3 Å². The number of benzene rings is 1. The first-order valence-electron chi connectivity index (χ1n) is 6.22. The number of aryl methyl sites for hydroxylation is 2. The van der Waals surface area contributed by atoms with Crippen molar-refractivity contribution in [1.29, 1.82) is 0 Å². The van der Waals surface area contributed by atoms with Gasteiger partial charge in [-0.2, -0.15) is 0 Å². The van der Waals surface area contributed by atoms with Crippen LogP contribution in [0.1, 0.15) is 36.0 Å². The molecule has 0 aromatic heterocycles. The van der Waals surface area contributed by atoms with Crippen LogP contribution in [0.5, 0.6) is 0 Å². The Kier molecular flexibility index (Phi) is 3.39. The van der Waals surface area contributed by atoms with Crippen LogP contribution in [0.2, 0.25) is 0 Å². The van der Waals surface area contributed by atoms with Crippen molar-refractivity contribution in [2.24, 2.45) is 5.11 Å². The molecule has 0 amide bonds. The van der Waals surface area contributed by atoms with Crippen LogP contribution in [0, 0.1) is 13.8 Å². The number of nitrogens with zero attached hydrogens (tertiary/aromatic N) is 3. The lowest BCUT2D eigenvalue weighted by Gasteiger charge is -2.26. The molecule has 4 nitrogen and oxygen atoms in total. The van der Waals surface area contributed by atoms with E-state index in [9.17, 15) is 4.79 Å². The van der Waals surface area contributed by atoms with Crippen LogP contribution < -0.4 is 0 Å². The Morgan fingerprint density at radius 1 is 1.39 bits per heavy atom. The lowest BCUT2D eigenvalue weighted by Crippen LogP contribution is -2.34. The molecule has 2 rings (SSSR count).